The molecule has 0 fully saturated rings. The summed E-state index contributed by atoms with van der Waals surface area (Å²) in [5, 5.41) is 25.6. The normalized spacial score (nSPS) is 15.4. The SMILES string of the molecule is CC(NC(=O)C(CC(N)=O)NC(=O)C(N)C(C)O)C(=O)NC(Cc1ccccc1)C(=O)O. The zero-order valence-corrected chi connectivity index (χ0v) is 17.8. The second-order valence-corrected chi connectivity index (χ2v) is 7.32. The number of nitrogens with two attached hydrogens (primary N) is 2. The number of benzene rings is 1. The molecule has 12 nitrogen and oxygen atoms in total. The number of carboxylic acids is 1. The smallest absolute Gasteiger partial charge is 0.326 e. The standard InChI is InChI=1S/C20H29N5O7/c1-10(17(28)25-14(20(31)32)8-12-6-4-3-5-7-12)23-18(29)13(9-15(21)27)24-19(30)16(22)11(2)26/h3-7,10-11,13-14,16,26H,8-9,22H2,1-2H3,(H2,21,27)(H,23,29)(H,24,30)(H,25,28)(H,31,32). The Kier molecular flexibility index (Phi) is 10.3. The van der Waals surface area contributed by atoms with Crippen LogP contribution < -0.4 is 27.4 Å². The summed E-state index contributed by atoms with van der Waals surface area (Å²) in [7, 11) is 0. The molecular weight excluding hydrogens is 422 g/mol. The van der Waals surface area contributed by atoms with Crippen LogP contribution in [0.4, 0.5) is 0 Å². The van der Waals surface area contributed by atoms with Crippen LogP contribution in [0.3, 0.4) is 0 Å². The van der Waals surface area contributed by atoms with Gasteiger partial charge in [0.2, 0.25) is 23.6 Å². The molecule has 0 aliphatic carbocycles. The molecule has 0 saturated heterocycles. The average molecular weight is 451 g/mol. The average Bonchev–Trinajstić information content (AvgIpc) is 2.72. The van der Waals surface area contributed by atoms with Gasteiger partial charge < -0.3 is 37.6 Å². The molecule has 1 aromatic carbocycles. The lowest BCUT2D eigenvalue weighted by Gasteiger charge is -2.23. The molecule has 0 spiro atoms. The second-order valence-electron chi connectivity index (χ2n) is 7.32. The summed E-state index contributed by atoms with van der Waals surface area (Å²) in [4.78, 5) is 59.7. The summed E-state index contributed by atoms with van der Waals surface area (Å²) in [6.07, 6.45) is -1.76. The molecule has 4 amide bonds. The fourth-order valence-corrected chi connectivity index (χ4v) is 2.62. The van der Waals surface area contributed by atoms with Crippen LogP contribution in [0.1, 0.15) is 25.8 Å². The highest BCUT2D eigenvalue weighted by atomic mass is 16.4. The quantitative estimate of drug-likeness (QED) is 0.178. The summed E-state index contributed by atoms with van der Waals surface area (Å²) in [5.41, 5.74) is 11.3. The van der Waals surface area contributed by atoms with E-state index in [1.807, 2.05) is 0 Å². The summed E-state index contributed by atoms with van der Waals surface area (Å²) >= 11 is 0. The van der Waals surface area contributed by atoms with E-state index < -0.39 is 66.3 Å². The number of aliphatic hydroxyl groups is 1. The van der Waals surface area contributed by atoms with Crippen LogP contribution in [0.25, 0.3) is 0 Å². The van der Waals surface area contributed by atoms with Crippen molar-refractivity contribution in [2.45, 2.75) is 57.0 Å². The Bertz CT molecular complexity index is 831. The molecule has 0 saturated carbocycles. The third-order valence-corrected chi connectivity index (χ3v) is 4.51. The monoisotopic (exact) mass is 451 g/mol. The van der Waals surface area contributed by atoms with Crippen molar-refractivity contribution >= 4 is 29.6 Å². The first-order valence-corrected chi connectivity index (χ1v) is 9.82. The molecule has 0 heterocycles. The van der Waals surface area contributed by atoms with Crippen LogP contribution >= 0.6 is 0 Å². The molecule has 0 bridgehead atoms. The Morgan fingerprint density at radius 3 is 1.97 bits per heavy atom. The van der Waals surface area contributed by atoms with Gasteiger partial charge in [-0.1, -0.05) is 30.3 Å². The van der Waals surface area contributed by atoms with E-state index in [9.17, 15) is 34.2 Å². The van der Waals surface area contributed by atoms with Crippen molar-refractivity contribution in [1.82, 2.24) is 16.0 Å². The fraction of sp³-hybridized carbons (Fsp3) is 0.450. The van der Waals surface area contributed by atoms with Gasteiger partial charge in [-0.2, -0.15) is 0 Å². The molecule has 9 N–H and O–H groups in total. The summed E-state index contributed by atoms with van der Waals surface area (Å²) < 4.78 is 0. The first-order chi connectivity index (χ1) is 14.9. The molecule has 0 aliphatic rings. The predicted molar refractivity (Wildman–Crippen MR) is 113 cm³/mol. The number of carbonyl (C=O) groups is 5. The molecular formula is C20H29N5O7. The molecule has 0 aromatic heterocycles. The maximum Gasteiger partial charge on any atom is 0.326 e. The lowest BCUT2D eigenvalue weighted by molar-refractivity contribution is -0.142. The molecule has 0 radical (unpaired) electrons. The van der Waals surface area contributed by atoms with Crippen molar-refractivity contribution in [1.29, 1.82) is 0 Å². The zero-order chi connectivity index (χ0) is 24.4. The van der Waals surface area contributed by atoms with E-state index in [4.69, 9.17) is 11.5 Å². The Morgan fingerprint density at radius 2 is 1.47 bits per heavy atom. The molecule has 12 heteroatoms. The van der Waals surface area contributed by atoms with Crippen LogP contribution in [-0.4, -0.2) is 70.1 Å². The number of carboxylic acid groups (broad SMARTS) is 1. The van der Waals surface area contributed by atoms with Gasteiger partial charge in [-0.15, -0.1) is 0 Å². The van der Waals surface area contributed by atoms with Crippen LogP contribution in [0.5, 0.6) is 0 Å². The summed E-state index contributed by atoms with van der Waals surface area (Å²) in [6, 6.07) is 3.42. The van der Waals surface area contributed by atoms with E-state index in [-0.39, 0.29) is 6.42 Å². The van der Waals surface area contributed by atoms with Crippen LogP contribution in [0.2, 0.25) is 0 Å². The van der Waals surface area contributed by atoms with Crippen LogP contribution in [-0.2, 0) is 30.4 Å². The summed E-state index contributed by atoms with van der Waals surface area (Å²) in [5.74, 6) is -4.75. The van der Waals surface area contributed by atoms with Gasteiger partial charge in [-0.3, -0.25) is 19.2 Å². The maximum atomic E-state index is 12.5. The van der Waals surface area contributed by atoms with Gasteiger partial charge >= 0.3 is 5.97 Å². The topological polar surface area (TPSA) is 214 Å². The lowest BCUT2D eigenvalue weighted by atomic mass is 10.1. The number of rotatable bonds is 12. The number of aliphatic carboxylic acids is 1. The van der Waals surface area contributed by atoms with E-state index in [1.165, 1.54) is 13.8 Å². The van der Waals surface area contributed by atoms with Gasteiger partial charge in [0.15, 0.2) is 0 Å². The fourth-order valence-electron chi connectivity index (χ4n) is 2.62. The molecule has 176 valence electrons. The van der Waals surface area contributed by atoms with Crippen molar-refractivity contribution in [3.05, 3.63) is 35.9 Å². The first kappa shape index (κ1) is 26.5. The van der Waals surface area contributed by atoms with Crippen molar-refractivity contribution in [3.8, 4) is 0 Å². The highest BCUT2D eigenvalue weighted by Crippen LogP contribution is 2.04. The maximum absolute atomic E-state index is 12.5. The minimum absolute atomic E-state index is 0.0279. The van der Waals surface area contributed by atoms with Crippen molar-refractivity contribution in [2.24, 2.45) is 11.5 Å². The van der Waals surface area contributed by atoms with Gasteiger partial charge in [-0.25, -0.2) is 4.79 Å². The molecule has 5 atom stereocenters. The Morgan fingerprint density at radius 1 is 0.906 bits per heavy atom. The van der Waals surface area contributed by atoms with E-state index in [1.54, 1.807) is 30.3 Å². The number of carbonyl (C=O) groups excluding carboxylic acids is 4. The number of amides is 4. The van der Waals surface area contributed by atoms with Crippen LogP contribution in [0, 0.1) is 0 Å². The van der Waals surface area contributed by atoms with Crippen molar-refractivity contribution < 1.29 is 34.2 Å². The van der Waals surface area contributed by atoms with E-state index >= 15 is 0 Å². The third kappa shape index (κ3) is 8.70. The molecule has 1 rings (SSSR count). The molecule has 5 unspecified atom stereocenters. The third-order valence-electron chi connectivity index (χ3n) is 4.51. The van der Waals surface area contributed by atoms with E-state index in [2.05, 4.69) is 16.0 Å². The summed E-state index contributed by atoms with van der Waals surface area (Å²) in [6.45, 7) is 2.58. The largest absolute Gasteiger partial charge is 0.480 e. The highest BCUT2D eigenvalue weighted by Gasteiger charge is 2.30. The minimum atomic E-state index is -1.44. The molecule has 0 aliphatic heterocycles. The Hall–Kier alpha value is -3.51. The minimum Gasteiger partial charge on any atom is -0.480 e. The Balaban J connectivity index is 2.79. The number of hydrogen-bond acceptors (Lipinski definition) is 7. The Labute approximate surface area is 184 Å². The van der Waals surface area contributed by atoms with Gasteiger partial charge in [0.05, 0.1) is 12.5 Å². The predicted octanol–water partition coefficient (Wildman–Crippen LogP) is -2.63. The zero-order valence-electron chi connectivity index (χ0n) is 17.8. The van der Waals surface area contributed by atoms with Crippen LogP contribution in [0.15, 0.2) is 30.3 Å². The van der Waals surface area contributed by atoms with E-state index in [0.29, 0.717) is 5.56 Å². The lowest BCUT2D eigenvalue weighted by Crippen LogP contribution is -2.58. The van der Waals surface area contributed by atoms with Gasteiger partial charge in [0.1, 0.15) is 24.2 Å². The molecule has 1 aromatic rings. The number of primary amides is 1. The number of hydrogen-bond donors (Lipinski definition) is 7. The first-order valence-electron chi connectivity index (χ1n) is 9.82. The van der Waals surface area contributed by atoms with Gasteiger partial charge in [0, 0.05) is 6.42 Å². The van der Waals surface area contributed by atoms with Gasteiger partial charge in [-0.05, 0) is 19.4 Å². The number of aliphatic hydroxyl groups excluding tert-OH is 1. The second kappa shape index (κ2) is 12.4. The van der Waals surface area contributed by atoms with Crippen molar-refractivity contribution in [2.75, 3.05) is 0 Å². The van der Waals surface area contributed by atoms with Gasteiger partial charge in [0.25, 0.3) is 0 Å². The highest BCUT2D eigenvalue weighted by molar-refractivity contribution is 5.96. The molecule has 32 heavy (non-hydrogen) atoms. The van der Waals surface area contributed by atoms with Crippen molar-refractivity contribution in [3.63, 3.8) is 0 Å². The number of nitrogens with one attached hydrogen (secondary N) is 3. The van der Waals surface area contributed by atoms with E-state index in [0.717, 1.165) is 0 Å².